The van der Waals surface area contributed by atoms with Crippen LogP contribution in [-0.2, 0) is 4.79 Å². The molecule has 4 rings (SSSR count). The number of amides is 1. The number of carbonyl (C=O) groups is 1. The molecule has 2 nitrogen and oxygen atoms in total. The van der Waals surface area contributed by atoms with Crippen molar-refractivity contribution >= 4 is 38.7 Å². The van der Waals surface area contributed by atoms with E-state index < -0.39 is 0 Å². The van der Waals surface area contributed by atoms with Crippen LogP contribution in [0.4, 0.5) is 5.69 Å². The molecular formula is C22H16BrNO. The van der Waals surface area contributed by atoms with Gasteiger partial charge in [0.1, 0.15) is 0 Å². The predicted octanol–water partition coefficient (Wildman–Crippen LogP) is 5.63. The van der Waals surface area contributed by atoms with Crippen LogP contribution in [0.1, 0.15) is 11.1 Å². The molecule has 1 amide bonds. The molecule has 0 spiro atoms. The molecule has 0 radical (unpaired) electrons. The fraction of sp³-hybridized carbons (Fsp3) is 0.0455. The Labute approximate surface area is 155 Å². The van der Waals surface area contributed by atoms with Gasteiger partial charge in [0.15, 0.2) is 0 Å². The summed E-state index contributed by atoms with van der Waals surface area (Å²) in [6, 6.07) is 27.9. The molecule has 0 unspecified atom stereocenters. The van der Waals surface area contributed by atoms with Crippen LogP contribution in [0.2, 0.25) is 0 Å². The summed E-state index contributed by atoms with van der Waals surface area (Å²) in [6.45, 7) is 0. The van der Waals surface area contributed by atoms with E-state index in [1.54, 1.807) is 0 Å². The molecule has 3 aromatic rings. The number of nitrogens with one attached hydrogen (secondary N) is 1. The second kappa shape index (κ2) is 6.69. The van der Waals surface area contributed by atoms with Crippen molar-refractivity contribution in [3.63, 3.8) is 0 Å². The normalized spacial score (nSPS) is 13.6. The van der Waals surface area contributed by atoms with Gasteiger partial charge in [0.05, 0.1) is 5.92 Å². The minimum absolute atomic E-state index is 0.0139. The molecule has 1 N–H and O–H groups in total. The first-order valence-electron chi connectivity index (χ1n) is 8.15. The van der Waals surface area contributed by atoms with Crippen molar-refractivity contribution in [2.24, 2.45) is 5.92 Å². The molecule has 3 heteroatoms. The van der Waals surface area contributed by atoms with Gasteiger partial charge in [0, 0.05) is 10.2 Å². The van der Waals surface area contributed by atoms with Crippen LogP contribution in [0, 0.1) is 5.92 Å². The summed E-state index contributed by atoms with van der Waals surface area (Å²) >= 11 is 3.41. The predicted molar refractivity (Wildman–Crippen MR) is 106 cm³/mol. The largest absolute Gasteiger partial charge is 0.325 e. The van der Waals surface area contributed by atoms with Crippen LogP contribution in [0.5, 0.6) is 0 Å². The van der Waals surface area contributed by atoms with Crippen LogP contribution in [0.15, 0.2) is 89.4 Å². The van der Waals surface area contributed by atoms with Gasteiger partial charge in [-0.3, -0.25) is 4.79 Å². The molecule has 0 bridgehead atoms. The number of halogens is 1. The van der Waals surface area contributed by atoms with E-state index in [0.717, 1.165) is 32.4 Å². The highest BCUT2D eigenvalue weighted by atomic mass is 79.9. The molecule has 0 atom stereocenters. The van der Waals surface area contributed by atoms with Crippen LogP contribution in [0.3, 0.4) is 0 Å². The quantitative estimate of drug-likeness (QED) is 0.615. The number of rotatable bonds is 4. The summed E-state index contributed by atoms with van der Waals surface area (Å²) in [6.07, 6.45) is 0. The summed E-state index contributed by atoms with van der Waals surface area (Å²) < 4.78 is 0.991. The number of hydrogen-bond acceptors (Lipinski definition) is 1. The lowest BCUT2D eigenvalue weighted by Crippen LogP contribution is -2.16. The summed E-state index contributed by atoms with van der Waals surface area (Å²) in [5.41, 5.74) is 5.25. The van der Waals surface area contributed by atoms with Gasteiger partial charge < -0.3 is 5.32 Å². The van der Waals surface area contributed by atoms with Gasteiger partial charge in [-0.1, -0.05) is 76.6 Å². The molecule has 1 aliphatic carbocycles. The lowest BCUT2D eigenvalue weighted by molar-refractivity contribution is -0.116. The average molecular weight is 390 g/mol. The standard InChI is InChI=1S/C22H16BrNO/c23-17-11-13-18(14-12-17)24-22(25)21-19(15-7-3-1-4-8-15)20(21)16-9-5-2-6-10-16/h1-14,21H,(H,24,25). The van der Waals surface area contributed by atoms with Gasteiger partial charge in [-0.2, -0.15) is 0 Å². The highest BCUT2D eigenvalue weighted by Gasteiger charge is 2.43. The van der Waals surface area contributed by atoms with Gasteiger partial charge >= 0.3 is 0 Å². The molecule has 122 valence electrons. The van der Waals surface area contributed by atoms with Crippen molar-refractivity contribution in [3.05, 3.63) is 101 Å². The third kappa shape index (κ3) is 3.28. The van der Waals surface area contributed by atoms with Crippen molar-refractivity contribution in [1.29, 1.82) is 0 Å². The monoisotopic (exact) mass is 389 g/mol. The Kier molecular flexibility index (Phi) is 4.24. The molecule has 25 heavy (non-hydrogen) atoms. The van der Waals surface area contributed by atoms with Crippen LogP contribution >= 0.6 is 15.9 Å². The van der Waals surface area contributed by atoms with Gasteiger partial charge in [-0.15, -0.1) is 0 Å². The van der Waals surface area contributed by atoms with E-state index in [-0.39, 0.29) is 11.8 Å². The van der Waals surface area contributed by atoms with E-state index in [0.29, 0.717) is 0 Å². The molecular weight excluding hydrogens is 374 g/mol. The fourth-order valence-corrected chi connectivity index (χ4v) is 3.38. The third-order valence-electron chi connectivity index (χ3n) is 4.33. The number of anilines is 1. The average Bonchev–Trinajstić information content (AvgIpc) is 3.41. The fourth-order valence-electron chi connectivity index (χ4n) is 3.11. The summed E-state index contributed by atoms with van der Waals surface area (Å²) in [4.78, 5) is 12.9. The maximum Gasteiger partial charge on any atom is 0.236 e. The molecule has 1 aliphatic rings. The Morgan fingerprint density at radius 1 is 0.720 bits per heavy atom. The second-order valence-electron chi connectivity index (χ2n) is 5.99. The first kappa shape index (κ1) is 15.9. The molecule has 0 aromatic heterocycles. The zero-order chi connectivity index (χ0) is 17.2. The third-order valence-corrected chi connectivity index (χ3v) is 4.86. The summed E-state index contributed by atoms with van der Waals surface area (Å²) in [5, 5.41) is 3.03. The van der Waals surface area contributed by atoms with Gasteiger partial charge in [0.25, 0.3) is 0 Å². The number of hydrogen-bond donors (Lipinski definition) is 1. The van der Waals surface area contributed by atoms with E-state index in [4.69, 9.17) is 0 Å². The van der Waals surface area contributed by atoms with Crippen LogP contribution in [-0.4, -0.2) is 5.91 Å². The zero-order valence-corrected chi connectivity index (χ0v) is 15.0. The molecule has 0 aliphatic heterocycles. The van der Waals surface area contributed by atoms with Gasteiger partial charge in [-0.25, -0.2) is 0 Å². The Balaban J connectivity index is 1.63. The summed E-state index contributed by atoms with van der Waals surface area (Å²) in [5.74, 6) is -0.187. The van der Waals surface area contributed by atoms with Gasteiger partial charge in [0.2, 0.25) is 5.91 Å². The van der Waals surface area contributed by atoms with Gasteiger partial charge in [-0.05, 0) is 46.5 Å². The molecule has 0 saturated heterocycles. The number of carbonyl (C=O) groups excluding carboxylic acids is 1. The Bertz CT molecular complexity index is 881. The van der Waals surface area contributed by atoms with Crippen molar-refractivity contribution in [1.82, 2.24) is 0 Å². The Morgan fingerprint density at radius 3 is 1.68 bits per heavy atom. The Morgan fingerprint density at radius 2 is 1.20 bits per heavy atom. The lowest BCUT2D eigenvalue weighted by Gasteiger charge is -2.06. The van der Waals surface area contributed by atoms with Crippen LogP contribution in [0.25, 0.3) is 11.1 Å². The van der Waals surface area contributed by atoms with Crippen LogP contribution < -0.4 is 5.32 Å². The van der Waals surface area contributed by atoms with E-state index >= 15 is 0 Å². The summed E-state index contributed by atoms with van der Waals surface area (Å²) in [7, 11) is 0. The van der Waals surface area contributed by atoms with E-state index in [1.807, 2.05) is 60.7 Å². The molecule has 3 aromatic carbocycles. The first-order valence-corrected chi connectivity index (χ1v) is 8.94. The molecule has 0 saturated carbocycles. The smallest absolute Gasteiger partial charge is 0.236 e. The minimum atomic E-state index is -0.201. The highest BCUT2D eigenvalue weighted by molar-refractivity contribution is 9.10. The van der Waals surface area contributed by atoms with Crippen molar-refractivity contribution in [2.75, 3.05) is 5.32 Å². The maximum atomic E-state index is 12.9. The second-order valence-corrected chi connectivity index (χ2v) is 6.90. The Hall–Kier alpha value is -2.65. The van der Waals surface area contributed by atoms with Crippen molar-refractivity contribution in [3.8, 4) is 0 Å². The molecule has 0 fully saturated rings. The topological polar surface area (TPSA) is 29.1 Å². The lowest BCUT2D eigenvalue weighted by atomic mass is 10.1. The zero-order valence-electron chi connectivity index (χ0n) is 13.4. The SMILES string of the molecule is O=C(Nc1ccc(Br)cc1)C1C(c2ccccc2)=C1c1ccccc1. The van der Waals surface area contributed by atoms with E-state index in [2.05, 4.69) is 45.5 Å². The number of benzene rings is 3. The van der Waals surface area contributed by atoms with Crippen molar-refractivity contribution in [2.45, 2.75) is 0 Å². The van der Waals surface area contributed by atoms with Crippen molar-refractivity contribution < 1.29 is 4.79 Å². The first-order chi connectivity index (χ1) is 12.2. The highest BCUT2D eigenvalue weighted by Crippen LogP contribution is 2.53. The van der Waals surface area contributed by atoms with E-state index in [1.165, 1.54) is 0 Å². The minimum Gasteiger partial charge on any atom is -0.325 e. The van der Waals surface area contributed by atoms with E-state index in [9.17, 15) is 4.79 Å². The molecule has 0 heterocycles. The maximum absolute atomic E-state index is 12.9.